The van der Waals surface area contributed by atoms with Gasteiger partial charge >= 0.3 is 0 Å². The third-order valence-corrected chi connectivity index (χ3v) is 6.42. The first-order valence-corrected chi connectivity index (χ1v) is 12.3. The second-order valence-electron chi connectivity index (χ2n) is 7.27. The maximum atomic E-state index is 12.4. The zero-order chi connectivity index (χ0) is 24.1. The number of aromatic nitrogens is 3. The van der Waals surface area contributed by atoms with Crippen molar-refractivity contribution in [3.63, 3.8) is 0 Å². The van der Waals surface area contributed by atoms with Gasteiger partial charge in [-0.3, -0.25) is 9.36 Å². The summed E-state index contributed by atoms with van der Waals surface area (Å²) in [5, 5.41) is 23.7. The first kappa shape index (κ1) is 24.0. The molecule has 0 spiro atoms. The molecule has 0 unspecified atom stereocenters. The smallest absolute Gasteiger partial charge is 0.250 e. The molecule has 0 atom stereocenters. The molecule has 0 saturated heterocycles. The molecule has 0 aliphatic heterocycles. The number of phenols is 1. The predicted molar refractivity (Wildman–Crippen MR) is 139 cm³/mol. The topological polar surface area (TPSA) is 92.4 Å². The van der Waals surface area contributed by atoms with Crippen LogP contribution < -0.4 is 5.43 Å². The van der Waals surface area contributed by atoms with Gasteiger partial charge < -0.3 is 5.11 Å². The van der Waals surface area contributed by atoms with Gasteiger partial charge in [0, 0.05) is 26.3 Å². The Hall–Kier alpha value is -3.14. The van der Waals surface area contributed by atoms with Gasteiger partial charge in [-0.25, -0.2) is 5.43 Å². The van der Waals surface area contributed by atoms with Crippen molar-refractivity contribution in [1.82, 2.24) is 20.2 Å². The van der Waals surface area contributed by atoms with Crippen LogP contribution >= 0.6 is 39.3 Å². The van der Waals surface area contributed by atoms with Crippen LogP contribution in [0.1, 0.15) is 11.1 Å². The summed E-state index contributed by atoms with van der Waals surface area (Å²) in [5.74, 6) is 0.470. The summed E-state index contributed by atoms with van der Waals surface area (Å²) < 4.78 is 2.70. The minimum atomic E-state index is -0.317. The highest BCUT2D eigenvalue weighted by Gasteiger charge is 2.17. The van der Waals surface area contributed by atoms with Gasteiger partial charge in [0.15, 0.2) is 11.0 Å². The lowest BCUT2D eigenvalue weighted by atomic mass is 10.2. The molecule has 172 valence electrons. The highest BCUT2D eigenvalue weighted by atomic mass is 79.9. The van der Waals surface area contributed by atoms with E-state index in [-0.39, 0.29) is 17.4 Å². The summed E-state index contributed by atoms with van der Waals surface area (Å²) in [6.07, 6.45) is 1.39. The van der Waals surface area contributed by atoms with Crippen LogP contribution in [0.15, 0.2) is 81.5 Å². The normalized spacial score (nSPS) is 11.1. The van der Waals surface area contributed by atoms with Crippen molar-refractivity contribution >= 4 is 51.4 Å². The SMILES string of the molecule is Cc1ccc(-n2c(SCC(=O)N/N=C/c3cc(Br)ccc3O)nnc2-c2ccc(Cl)cc2)cc1. The number of hydrogen-bond acceptors (Lipinski definition) is 6. The van der Waals surface area contributed by atoms with Crippen LogP contribution in [0.3, 0.4) is 0 Å². The molecule has 1 heterocycles. The van der Waals surface area contributed by atoms with E-state index in [4.69, 9.17) is 11.6 Å². The Labute approximate surface area is 214 Å². The number of hydrogen-bond donors (Lipinski definition) is 2. The average Bonchev–Trinajstić information content (AvgIpc) is 3.25. The van der Waals surface area contributed by atoms with E-state index in [9.17, 15) is 9.90 Å². The number of amides is 1. The first-order valence-electron chi connectivity index (χ1n) is 10.1. The van der Waals surface area contributed by atoms with Gasteiger partial charge in [-0.05, 0) is 61.5 Å². The van der Waals surface area contributed by atoms with Crippen molar-refractivity contribution in [3.05, 3.63) is 87.4 Å². The number of aromatic hydroxyl groups is 1. The number of nitrogens with one attached hydrogen (secondary N) is 1. The van der Waals surface area contributed by atoms with Crippen molar-refractivity contribution in [2.75, 3.05) is 5.75 Å². The van der Waals surface area contributed by atoms with Crippen molar-refractivity contribution in [3.8, 4) is 22.8 Å². The maximum Gasteiger partial charge on any atom is 0.250 e. The molecule has 3 aromatic carbocycles. The average molecular weight is 557 g/mol. The van der Waals surface area contributed by atoms with E-state index in [0.29, 0.717) is 21.6 Å². The number of halogens is 2. The molecular weight excluding hydrogens is 538 g/mol. The van der Waals surface area contributed by atoms with Gasteiger partial charge in [0.05, 0.1) is 12.0 Å². The molecule has 1 amide bonds. The third-order valence-electron chi connectivity index (χ3n) is 4.74. The van der Waals surface area contributed by atoms with E-state index in [2.05, 4.69) is 36.7 Å². The summed E-state index contributed by atoms with van der Waals surface area (Å²) in [4.78, 5) is 12.4. The number of nitrogens with zero attached hydrogens (tertiary/aromatic N) is 4. The van der Waals surface area contributed by atoms with Gasteiger partial charge in [-0.2, -0.15) is 5.10 Å². The Morgan fingerprint density at radius 3 is 2.62 bits per heavy atom. The largest absolute Gasteiger partial charge is 0.507 e. The highest BCUT2D eigenvalue weighted by molar-refractivity contribution is 9.10. The molecule has 7 nitrogen and oxygen atoms in total. The monoisotopic (exact) mass is 555 g/mol. The minimum Gasteiger partial charge on any atom is -0.507 e. The molecule has 10 heteroatoms. The van der Waals surface area contributed by atoms with Crippen LogP contribution in [-0.4, -0.2) is 37.7 Å². The molecule has 0 saturated carbocycles. The summed E-state index contributed by atoms with van der Waals surface area (Å²) in [7, 11) is 0. The van der Waals surface area contributed by atoms with Crippen LogP contribution in [0.25, 0.3) is 17.1 Å². The van der Waals surface area contributed by atoms with Crippen molar-refractivity contribution in [1.29, 1.82) is 0 Å². The van der Waals surface area contributed by atoms with Gasteiger partial charge in [0.25, 0.3) is 5.91 Å². The van der Waals surface area contributed by atoms with E-state index in [1.807, 2.05) is 47.9 Å². The fourth-order valence-corrected chi connectivity index (χ4v) is 4.29. The van der Waals surface area contributed by atoms with Crippen LogP contribution in [-0.2, 0) is 4.79 Å². The Morgan fingerprint density at radius 2 is 1.88 bits per heavy atom. The number of hydrazone groups is 1. The lowest BCUT2D eigenvalue weighted by Gasteiger charge is -2.10. The number of carbonyl (C=O) groups is 1. The third kappa shape index (κ3) is 5.85. The molecule has 34 heavy (non-hydrogen) atoms. The standard InChI is InChI=1S/C24H19BrClN5O2S/c1-15-2-9-20(10-3-15)31-23(16-4-7-19(26)8-5-16)29-30-24(31)34-14-22(33)28-27-13-17-12-18(25)6-11-21(17)32/h2-13,32H,14H2,1H3,(H,28,33)/b27-13+. The lowest BCUT2D eigenvalue weighted by Crippen LogP contribution is -2.20. The highest BCUT2D eigenvalue weighted by Crippen LogP contribution is 2.29. The molecule has 4 rings (SSSR count). The van der Waals surface area contributed by atoms with Crippen LogP contribution in [0.5, 0.6) is 5.75 Å². The molecule has 0 aliphatic carbocycles. The molecule has 2 N–H and O–H groups in total. The van der Waals surface area contributed by atoms with E-state index < -0.39 is 0 Å². The van der Waals surface area contributed by atoms with E-state index in [0.717, 1.165) is 21.3 Å². The van der Waals surface area contributed by atoms with Gasteiger partial charge in [-0.15, -0.1) is 10.2 Å². The molecule has 1 aromatic heterocycles. The van der Waals surface area contributed by atoms with E-state index in [1.165, 1.54) is 18.0 Å². The Balaban J connectivity index is 1.51. The van der Waals surface area contributed by atoms with Crippen molar-refractivity contribution in [2.24, 2.45) is 5.10 Å². The molecule has 0 aliphatic rings. The Kier molecular flexibility index (Phi) is 7.66. The van der Waals surface area contributed by atoms with E-state index >= 15 is 0 Å². The van der Waals surface area contributed by atoms with Crippen molar-refractivity contribution < 1.29 is 9.90 Å². The zero-order valence-electron chi connectivity index (χ0n) is 17.9. The number of phenolic OH excluding ortho intramolecular Hbond substituents is 1. The summed E-state index contributed by atoms with van der Waals surface area (Å²) in [5.41, 5.74) is 5.82. The summed E-state index contributed by atoms with van der Waals surface area (Å²) in [6, 6.07) is 20.3. The maximum absolute atomic E-state index is 12.4. The number of carbonyl (C=O) groups excluding carboxylic acids is 1. The van der Waals surface area contributed by atoms with Crippen molar-refractivity contribution in [2.45, 2.75) is 12.1 Å². The predicted octanol–water partition coefficient (Wildman–Crippen LogP) is 5.61. The second kappa shape index (κ2) is 10.9. The fourth-order valence-electron chi connectivity index (χ4n) is 3.04. The summed E-state index contributed by atoms with van der Waals surface area (Å²) in [6.45, 7) is 2.02. The first-order chi connectivity index (χ1) is 16.4. The zero-order valence-corrected chi connectivity index (χ0v) is 21.1. The molecule has 0 bridgehead atoms. The van der Waals surface area contributed by atoms with Crippen LogP contribution in [0.2, 0.25) is 5.02 Å². The van der Waals surface area contributed by atoms with Crippen LogP contribution in [0, 0.1) is 6.92 Å². The Morgan fingerprint density at radius 1 is 1.15 bits per heavy atom. The quantitative estimate of drug-likeness (QED) is 0.175. The van der Waals surface area contributed by atoms with Gasteiger partial charge in [0.1, 0.15) is 5.75 Å². The lowest BCUT2D eigenvalue weighted by molar-refractivity contribution is -0.118. The minimum absolute atomic E-state index is 0.0662. The Bertz CT molecular complexity index is 1340. The van der Waals surface area contributed by atoms with E-state index in [1.54, 1.807) is 30.3 Å². The summed E-state index contributed by atoms with van der Waals surface area (Å²) >= 11 is 10.6. The fraction of sp³-hybridized carbons (Fsp3) is 0.0833. The number of rotatable bonds is 7. The second-order valence-corrected chi connectivity index (χ2v) is 9.56. The van der Waals surface area contributed by atoms with Gasteiger partial charge in [-0.1, -0.05) is 57.0 Å². The van der Waals surface area contributed by atoms with Crippen LogP contribution in [0.4, 0.5) is 0 Å². The number of benzene rings is 3. The molecule has 0 fully saturated rings. The van der Waals surface area contributed by atoms with Gasteiger partial charge in [0.2, 0.25) is 0 Å². The number of aryl methyl sites for hydroxylation is 1. The molecule has 4 aromatic rings. The molecular formula is C24H19BrClN5O2S. The molecule has 0 radical (unpaired) electrons. The number of thioether (sulfide) groups is 1.